The molecule has 2 heterocycles. The molecule has 1 amide bonds. The largest absolute Gasteiger partial charge is 0.345 e. The number of carbonyl (C=O) groups is 1. The van der Waals surface area contributed by atoms with Crippen LogP contribution >= 0.6 is 0 Å². The second-order valence-electron chi connectivity index (χ2n) is 12.5. The minimum Gasteiger partial charge on any atom is -0.345 e. The van der Waals surface area contributed by atoms with Gasteiger partial charge in [0.05, 0.1) is 6.42 Å². The number of benzene rings is 2. The standard InChI is InChI=1S/C32H39F4N3O/c33-24-17-23(18-25(34)20-24)26-6-3-5-22(29(26)21-8-9-21)19-28(40)38-30-27(7-4-11-32(30,35)36)39-15-12-31(13-16-39)10-1-2-14-37-31/h3,5-6,17-18,20-21,27,30,37H,1-2,4,7-16,19H2,(H,38,40)/t27-,30+/m0/s1. The Morgan fingerprint density at radius 3 is 2.38 bits per heavy atom. The second kappa shape index (κ2) is 11.1. The van der Waals surface area contributed by atoms with Crippen molar-refractivity contribution in [3.05, 3.63) is 59.2 Å². The number of alkyl halides is 2. The molecule has 8 heteroatoms. The number of carbonyl (C=O) groups excluding carboxylic acids is 1. The molecule has 1 spiro atoms. The van der Waals surface area contributed by atoms with Crippen LogP contribution < -0.4 is 10.6 Å². The predicted octanol–water partition coefficient (Wildman–Crippen LogP) is 6.33. The fraction of sp³-hybridized carbons (Fsp3) is 0.594. The average molecular weight is 558 g/mol. The van der Waals surface area contributed by atoms with E-state index in [0.717, 1.165) is 68.9 Å². The Balaban J connectivity index is 1.20. The van der Waals surface area contributed by atoms with Gasteiger partial charge < -0.3 is 10.6 Å². The third kappa shape index (κ3) is 5.80. The Labute approximate surface area is 233 Å². The number of piperidine rings is 2. The third-order valence-electron chi connectivity index (χ3n) is 9.68. The summed E-state index contributed by atoms with van der Waals surface area (Å²) in [6.07, 6.45) is 8.15. The lowest BCUT2D eigenvalue weighted by atomic mass is 9.78. The normalized spacial score (nSPS) is 26.5. The first-order valence-corrected chi connectivity index (χ1v) is 15.0. The number of hydrogen-bond acceptors (Lipinski definition) is 3. The number of amides is 1. The zero-order chi connectivity index (χ0) is 27.9. The van der Waals surface area contributed by atoms with E-state index in [9.17, 15) is 13.6 Å². The van der Waals surface area contributed by atoms with Crippen molar-refractivity contribution in [2.75, 3.05) is 19.6 Å². The molecule has 2 N–H and O–H groups in total. The zero-order valence-corrected chi connectivity index (χ0v) is 23.0. The molecule has 2 saturated carbocycles. The van der Waals surface area contributed by atoms with E-state index in [1.807, 2.05) is 12.1 Å². The Morgan fingerprint density at radius 2 is 1.70 bits per heavy atom. The Morgan fingerprint density at radius 1 is 0.950 bits per heavy atom. The van der Waals surface area contributed by atoms with Gasteiger partial charge >= 0.3 is 0 Å². The van der Waals surface area contributed by atoms with Gasteiger partial charge in [0.1, 0.15) is 17.7 Å². The van der Waals surface area contributed by atoms with Crippen LogP contribution in [-0.2, 0) is 11.2 Å². The summed E-state index contributed by atoms with van der Waals surface area (Å²) < 4.78 is 58.8. The van der Waals surface area contributed by atoms with Crippen LogP contribution in [0.15, 0.2) is 36.4 Å². The first kappa shape index (κ1) is 27.7. The number of halogens is 4. The van der Waals surface area contributed by atoms with E-state index in [1.165, 1.54) is 25.0 Å². The van der Waals surface area contributed by atoms with E-state index >= 15 is 8.78 Å². The first-order valence-electron chi connectivity index (χ1n) is 15.0. The van der Waals surface area contributed by atoms with E-state index in [4.69, 9.17) is 0 Å². The van der Waals surface area contributed by atoms with Gasteiger partial charge in [0.15, 0.2) is 0 Å². The Kier molecular flexibility index (Phi) is 7.68. The summed E-state index contributed by atoms with van der Waals surface area (Å²) in [5, 5.41) is 6.47. The topological polar surface area (TPSA) is 44.4 Å². The fourth-order valence-corrected chi connectivity index (χ4v) is 7.47. The summed E-state index contributed by atoms with van der Waals surface area (Å²) in [5.74, 6) is -4.52. The van der Waals surface area contributed by atoms with Crippen molar-refractivity contribution in [3.63, 3.8) is 0 Å². The maximum atomic E-state index is 15.4. The monoisotopic (exact) mass is 557 g/mol. The van der Waals surface area contributed by atoms with Crippen LogP contribution in [0.25, 0.3) is 11.1 Å². The average Bonchev–Trinajstić information content (AvgIpc) is 3.75. The highest BCUT2D eigenvalue weighted by Crippen LogP contribution is 2.46. The Hall–Kier alpha value is -2.45. The van der Waals surface area contributed by atoms with Gasteiger partial charge in [-0.1, -0.05) is 24.6 Å². The molecule has 40 heavy (non-hydrogen) atoms. The van der Waals surface area contributed by atoms with Crippen LogP contribution in [-0.4, -0.2) is 54.0 Å². The molecule has 2 aliphatic carbocycles. The van der Waals surface area contributed by atoms with Crippen LogP contribution in [0.3, 0.4) is 0 Å². The lowest BCUT2D eigenvalue weighted by molar-refractivity contribution is -0.133. The molecular formula is C32H39F4N3O. The Bertz CT molecular complexity index is 1210. The molecule has 0 radical (unpaired) electrons. The molecule has 0 unspecified atom stereocenters. The molecule has 2 aromatic rings. The van der Waals surface area contributed by atoms with Crippen LogP contribution in [0.4, 0.5) is 17.6 Å². The van der Waals surface area contributed by atoms with Gasteiger partial charge in [-0.2, -0.15) is 0 Å². The van der Waals surface area contributed by atoms with Crippen molar-refractivity contribution < 1.29 is 22.4 Å². The van der Waals surface area contributed by atoms with E-state index in [2.05, 4.69) is 15.5 Å². The van der Waals surface area contributed by atoms with Gasteiger partial charge in [-0.05, 0) is 98.2 Å². The maximum absolute atomic E-state index is 15.4. The predicted molar refractivity (Wildman–Crippen MR) is 147 cm³/mol. The number of likely N-dealkylation sites (tertiary alicyclic amines) is 1. The lowest BCUT2D eigenvalue weighted by Gasteiger charge is -2.50. The fourth-order valence-electron chi connectivity index (χ4n) is 7.47. The molecule has 6 rings (SSSR count). The highest BCUT2D eigenvalue weighted by molar-refractivity contribution is 5.81. The van der Waals surface area contributed by atoms with Crippen LogP contribution in [0.1, 0.15) is 81.3 Å². The highest BCUT2D eigenvalue weighted by atomic mass is 19.3. The minimum absolute atomic E-state index is 0.0379. The minimum atomic E-state index is -2.98. The molecule has 4 fully saturated rings. The zero-order valence-electron chi connectivity index (χ0n) is 23.0. The van der Waals surface area contributed by atoms with Crippen LogP contribution in [0.2, 0.25) is 0 Å². The molecule has 0 bridgehead atoms. The van der Waals surface area contributed by atoms with Crippen molar-refractivity contribution in [1.29, 1.82) is 0 Å². The molecule has 216 valence electrons. The first-order chi connectivity index (χ1) is 19.2. The molecule has 4 aliphatic rings. The lowest BCUT2D eigenvalue weighted by Crippen LogP contribution is -2.65. The van der Waals surface area contributed by atoms with Gasteiger partial charge in [0.2, 0.25) is 5.91 Å². The number of nitrogens with zero attached hydrogens (tertiary/aromatic N) is 1. The second-order valence-corrected chi connectivity index (χ2v) is 12.5. The van der Waals surface area contributed by atoms with Crippen molar-refractivity contribution >= 4 is 5.91 Å². The van der Waals surface area contributed by atoms with E-state index in [1.54, 1.807) is 6.07 Å². The smallest absolute Gasteiger partial charge is 0.269 e. The number of rotatable bonds is 6. The van der Waals surface area contributed by atoms with Gasteiger partial charge in [0, 0.05) is 37.2 Å². The third-order valence-corrected chi connectivity index (χ3v) is 9.68. The maximum Gasteiger partial charge on any atom is 0.269 e. The van der Waals surface area contributed by atoms with Crippen LogP contribution in [0, 0.1) is 11.6 Å². The summed E-state index contributed by atoms with van der Waals surface area (Å²) in [6.45, 7) is 2.55. The van der Waals surface area contributed by atoms with Gasteiger partial charge in [0.25, 0.3) is 5.92 Å². The number of nitrogens with one attached hydrogen (secondary N) is 2. The van der Waals surface area contributed by atoms with Crippen LogP contribution in [0.5, 0.6) is 0 Å². The SMILES string of the molecule is O=C(Cc1cccc(-c2cc(F)cc(F)c2)c1C1CC1)N[C@@H]1[C@@H](N2CCC3(CCCCN3)CC2)CCCC1(F)F. The molecule has 4 nitrogen and oxygen atoms in total. The molecular weight excluding hydrogens is 518 g/mol. The molecule has 0 aromatic heterocycles. The van der Waals surface area contributed by atoms with E-state index in [-0.39, 0.29) is 24.3 Å². The quantitative estimate of drug-likeness (QED) is 0.408. The summed E-state index contributed by atoms with van der Waals surface area (Å²) in [4.78, 5) is 15.6. The van der Waals surface area contributed by atoms with E-state index in [0.29, 0.717) is 24.0 Å². The van der Waals surface area contributed by atoms with Crippen molar-refractivity contribution in [3.8, 4) is 11.1 Å². The molecule has 2 aromatic carbocycles. The molecule has 2 aliphatic heterocycles. The summed E-state index contributed by atoms with van der Waals surface area (Å²) >= 11 is 0. The van der Waals surface area contributed by atoms with E-state index < -0.39 is 35.5 Å². The molecule has 2 atom stereocenters. The van der Waals surface area contributed by atoms with Crippen molar-refractivity contribution in [2.24, 2.45) is 0 Å². The van der Waals surface area contributed by atoms with Gasteiger partial charge in [-0.25, -0.2) is 17.6 Å². The summed E-state index contributed by atoms with van der Waals surface area (Å²) in [6, 6.07) is 7.24. The van der Waals surface area contributed by atoms with Gasteiger partial charge in [-0.15, -0.1) is 0 Å². The van der Waals surface area contributed by atoms with Crippen molar-refractivity contribution in [2.45, 2.75) is 100 Å². The highest BCUT2D eigenvalue weighted by Gasteiger charge is 2.50. The summed E-state index contributed by atoms with van der Waals surface area (Å²) in [7, 11) is 0. The summed E-state index contributed by atoms with van der Waals surface area (Å²) in [5.41, 5.74) is 2.90. The molecule has 2 saturated heterocycles. The van der Waals surface area contributed by atoms with Crippen molar-refractivity contribution in [1.82, 2.24) is 15.5 Å². The number of hydrogen-bond donors (Lipinski definition) is 2. The van der Waals surface area contributed by atoms with Gasteiger partial charge in [-0.3, -0.25) is 9.69 Å².